The molecule has 19 heavy (non-hydrogen) atoms. The largest absolute Gasteiger partial charge is 0.510 e. The molecule has 0 amide bonds. The van der Waals surface area contributed by atoms with Crippen molar-refractivity contribution in [3.05, 3.63) is 64.1 Å². The van der Waals surface area contributed by atoms with Crippen molar-refractivity contribution >= 4 is 5.69 Å². The lowest BCUT2D eigenvalue weighted by molar-refractivity contribution is -0.608. The topological polar surface area (TPSA) is 108 Å². The number of rotatable bonds is 3. The van der Waals surface area contributed by atoms with Gasteiger partial charge in [-0.1, -0.05) is 18.2 Å². The number of aliphatic hydroxyl groups is 2. The van der Waals surface area contributed by atoms with Crippen molar-refractivity contribution in [2.24, 2.45) is 10.2 Å². The summed E-state index contributed by atoms with van der Waals surface area (Å²) in [6.45, 7) is 0. The molecule has 1 unspecified atom stereocenters. The van der Waals surface area contributed by atoms with Crippen LogP contribution in [0.4, 0.5) is 5.69 Å². The van der Waals surface area contributed by atoms with Crippen molar-refractivity contribution in [1.82, 2.24) is 0 Å². The Balaban J connectivity index is 2.18. The molecular weight excluding hydrogens is 250 g/mol. The molecule has 0 spiro atoms. The maximum absolute atomic E-state index is 10.6. The van der Waals surface area contributed by atoms with Crippen LogP contribution in [0.1, 0.15) is 6.42 Å². The Bertz CT molecular complexity index is 580. The molecule has 0 saturated heterocycles. The van der Waals surface area contributed by atoms with Gasteiger partial charge in [-0.15, -0.1) is 5.11 Å². The lowest BCUT2D eigenvalue weighted by atomic mass is 10.0. The number of aliphatic hydroxyl groups excluding tert-OH is 1. The third kappa shape index (κ3) is 2.83. The van der Waals surface area contributed by atoms with Crippen molar-refractivity contribution in [3.63, 3.8) is 0 Å². The van der Waals surface area contributed by atoms with E-state index in [4.69, 9.17) is 0 Å². The number of nitro groups is 1. The van der Waals surface area contributed by atoms with Gasteiger partial charge in [0.25, 0.3) is 0 Å². The maximum Gasteiger partial charge on any atom is 0.349 e. The first-order valence-electron chi connectivity index (χ1n) is 5.46. The first-order valence-corrected chi connectivity index (χ1v) is 5.46. The molecule has 1 aromatic carbocycles. The van der Waals surface area contributed by atoms with E-state index in [1.54, 1.807) is 24.3 Å². The summed E-state index contributed by atoms with van der Waals surface area (Å²) in [5.74, 6) is -0.374. The molecule has 1 aliphatic rings. The molecule has 2 rings (SSSR count). The Morgan fingerprint density at radius 3 is 2.53 bits per heavy atom. The molecule has 0 bridgehead atoms. The quantitative estimate of drug-likeness (QED) is 0.377. The first-order chi connectivity index (χ1) is 9.01. The number of allylic oxidation sites excluding steroid dienone is 1. The van der Waals surface area contributed by atoms with Crippen LogP contribution in [0.3, 0.4) is 0 Å². The molecule has 1 aromatic rings. The highest BCUT2D eigenvalue weighted by atomic mass is 16.7. The Kier molecular flexibility index (Phi) is 3.39. The molecule has 98 valence electrons. The fraction of sp³-hybridized carbons (Fsp3) is 0.167. The van der Waals surface area contributed by atoms with Crippen LogP contribution in [-0.4, -0.2) is 20.9 Å². The lowest BCUT2D eigenvalue weighted by Crippen LogP contribution is -2.37. The zero-order valence-electron chi connectivity index (χ0n) is 9.80. The number of hydrogen-bond acceptors (Lipinski definition) is 6. The highest BCUT2D eigenvalue weighted by Gasteiger charge is 2.41. The molecule has 7 heteroatoms. The van der Waals surface area contributed by atoms with E-state index in [0.717, 1.165) is 6.08 Å². The normalized spacial score (nSPS) is 23.0. The highest BCUT2D eigenvalue weighted by Crippen LogP contribution is 2.27. The molecule has 1 atom stereocenters. The second kappa shape index (κ2) is 4.99. The summed E-state index contributed by atoms with van der Waals surface area (Å²) in [7, 11) is 0. The highest BCUT2D eigenvalue weighted by molar-refractivity contribution is 5.36. The van der Waals surface area contributed by atoms with Crippen LogP contribution in [0.5, 0.6) is 0 Å². The van der Waals surface area contributed by atoms with E-state index < -0.39 is 17.1 Å². The van der Waals surface area contributed by atoms with Crippen LogP contribution in [0.25, 0.3) is 0 Å². The van der Waals surface area contributed by atoms with Crippen molar-refractivity contribution in [1.29, 1.82) is 0 Å². The van der Waals surface area contributed by atoms with E-state index in [1.165, 1.54) is 6.08 Å². The fourth-order valence-corrected chi connectivity index (χ4v) is 1.53. The molecule has 2 N–H and O–H groups in total. The Labute approximate surface area is 108 Å². The van der Waals surface area contributed by atoms with E-state index in [9.17, 15) is 20.3 Å². The van der Waals surface area contributed by atoms with Crippen molar-refractivity contribution in [2.75, 3.05) is 0 Å². The minimum absolute atomic E-state index is 0.0929. The van der Waals surface area contributed by atoms with Crippen molar-refractivity contribution in [2.45, 2.75) is 12.1 Å². The lowest BCUT2D eigenvalue weighted by Gasteiger charge is -2.18. The van der Waals surface area contributed by atoms with Gasteiger partial charge in [-0.3, -0.25) is 10.1 Å². The number of benzene rings is 1. The van der Waals surface area contributed by atoms with E-state index in [1.807, 2.05) is 6.07 Å². The van der Waals surface area contributed by atoms with Gasteiger partial charge in [0, 0.05) is 6.08 Å². The zero-order valence-corrected chi connectivity index (χ0v) is 9.80. The van der Waals surface area contributed by atoms with Gasteiger partial charge < -0.3 is 10.2 Å². The molecule has 0 radical (unpaired) electrons. The summed E-state index contributed by atoms with van der Waals surface area (Å²) in [5.41, 5.74) is -1.60. The predicted molar refractivity (Wildman–Crippen MR) is 66.3 cm³/mol. The number of azo groups is 1. The van der Waals surface area contributed by atoms with Gasteiger partial charge in [-0.05, 0) is 18.2 Å². The van der Waals surface area contributed by atoms with Crippen LogP contribution in [0, 0.1) is 10.1 Å². The molecule has 0 fully saturated rings. The third-order valence-electron chi connectivity index (χ3n) is 2.58. The van der Waals surface area contributed by atoms with Crippen LogP contribution in [0.2, 0.25) is 0 Å². The SMILES string of the molecule is O=[N+]([O-])C1(O)C=CC(N=Nc2ccccc2)=C(O)C1. The molecule has 1 aliphatic carbocycles. The summed E-state index contributed by atoms with van der Waals surface area (Å²) >= 11 is 0. The van der Waals surface area contributed by atoms with Gasteiger partial charge in [0.1, 0.15) is 17.9 Å². The van der Waals surface area contributed by atoms with Crippen LogP contribution in [0.15, 0.2) is 64.2 Å². The molecular formula is C12H11N3O4. The molecule has 0 saturated carbocycles. The Hall–Kier alpha value is -2.54. The second-order valence-corrected chi connectivity index (χ2v) is 4.01. The first kappa shape index (κ1) is 12.9. The average Bonchev–Trinajstić information content (AvgIpc) is 2.39. The second-order valence-electron chi connectivity index (χ2n) is 4.01. The molecule has 0 aliphatic heterocycles. The monoisotopic (exact) mass is 261 g/mol. The third-order valence-corrected chi connectivity index (χ3v) is 2.58. The molecule has 0 aromatic heterocycles. The molecule has 7 nitrogen and oxygen atoms in total. The predicted octanol–water partition coefficient (Wildman–Crippen LogP) is 2.47. The van der Waals surface area contributed by atoms with Crippen molar-refractivity contribution < 1.29 is 15.1 Å². The minimum Gasteiger partial charge on any atom is -0.510 e. The average molecular weight is 261 g/mol. The molecule has 0 heterocycles. The van der Waals surface area contributed by atoms with Crippen molar-refractivity contribution in [3.8, 4) is 0 Å². The Morgan fingerprint density at radius 2 is 1.95 bits per heavy atom. The van der Waals surface area contributed by atoms with E-state index in [0.29, 0.717) is 5.69 Å². The van der Waals surface area contributed by atoms with Crippen LogP contribution < -0.4 is 0 Å². The van der Waals surface area contributed by atoms with E-state index in [2.05, 4.69) is 10.2 Å². The zero-order chi connectivity index (χ0) is 13.9. The fourth-order valence-electron chi connectivity index (χ4n) is 1.53. The number of hydrogen-bond donors (Lipinski definition) is 2. The van der Waals surface area contributed by atoms with Gasteiger partial charge in [0.15, 0.2) is 0 Å². The van der Waals surface area contributed by atoms with Gasteiger partial charge in [-0.25, -0.2) is 0 Å². The summed E-state index contributed by atoms with van der Waals surface area (Å²) in [6, 6.07) is 8.84. The summed E-state index contributed by atoms with van der Waals surface area (Å²) in [6.07, 6.45) is 1.62. The maximum atomic E-state index is 10.6. The van der Waals surface area contributed by atoms with E-state index in [-0.39, 0.29) is 11.5 Å². The van der Waals surface area contributed by atoms with Gasteiger partial charge in [-0.2, -0.15) is 5.11 Å². The van der Waals surface area contributed by atoms with Gasteiger partial charge in [0.05, 0.1) is 10.6 Å². The van der Waals surface area contributed by atoms with Crippen LogP contribution >= 0.6 is 0 Å². The minimum atomic E-state index is -2.28. The summed E-state index contributed by atoms with van der Waals surface area (Å²) in [4.78, 5) is 9.75. The van der Waals surface area contributed by atoms with Gasteiger partial charge >= 0.3 is 5.72 Å². The van der Waals surface area contributed by atoms with Crippen LogP contribution in [-0.2, 0) is 0 Å². The van der Waals surface area contributed by atoms with E-state index >= 15 is 0 Å². The smallest absolute Gasteiger partial charge is 0.349 e. The summed E-state index contributed by atoms with van der Waals surface area (Å²) in [5, 5.41) is 37.5. The number of nitrogens with zero attached hydrogens (tertiary/aromatic N) is 3. The standard InChI is InChI=1S/C12H11N3O4/c16-11-8-12(17,15(18)19)7-6-10(11)14-13-9-4-2-1-3-5-9/h1-7,16-17H,8H2. The Morgan fingerprint density at radius 1 is 1.26 bits per heavy atom. The van der Waals surface area contributed by atoms with Gasteiger partial charge in [0.2, 0.25) is 0 Å². The summed E-state index contributed by atoms with van der Waals surface area (Å²) < 4.78 is 0.